The third-order valence-corrected chi connectivity index (χ3v) is 5.95. The molecule has 0 bridgehead atoms. The minimum Gasteiger partial charge on any atom is -0.497 e. The second-order valence-electron chi connectivity index (χ2n) is 7.47. The van der Waals surface area contributed by atoms with E-state index in [1.54, 1.807) is 7.11 Å². The Morgan fingerprint density at radius 3 is 2.56 bits per heavy atom. The zero-order valence-electron chi connectivity index (χ0n) is 16.1. The first-order valence-electron chi connectivity index (χ1n) is 9.39. The van der Waals surface area contributed by atoms with Crippen molar-refractivity contribution in [3.63, 3.8) is 0 Å². The fourth-order valence-corrected chi connectivity index (χ4v) is 4.42. The largest absolute Gasteiger partial charge is 0.497 e. The van der Waals surface area contributed by atoms with Gasteiger partial charge < -0.3 is 9.64 Å². The lowest BCUT2D eigenvalue weighted by atomic mass is 9.92. The highest BCUT2D eigenvalue weighted by Crippen LogP contribution is 2.34. The van der Waals surface area contributed by atoms with Gasteiger partial charge in [-0.1, -0.05) is 36.4 Å². The van der Waals surface area contributed by atoms with Crippen molar-refractivity contribution in [2.75, 3.05) is 40.3 Å². The topological polar surface area (TPSA) is 15.7 Å². The molecule has 2 aromatic carbocycles. The smallest absolute Gasteiger partial charge is 0.119 e. The minimum absolute atomic E-state index is 0. The van der Waals surface area contributed by atoms with E-state index < -0.39 is 0 Å². The molecule has 0 aromatic heterocycles. The summed E-state index contributed by atoms with van der Waals surface area (Å²) in [5, 5.41) is 0. The van der Waals surface area contributed by atoms with Crippen molar-refractivity contribution in [2.45, 2.75) is 24.8 Å². The molecule has 0 aliphatic carbocycles. The summed E-state index contributed by atoms with van der Waals surface area (Å²) >= 11 is 0. The molecule has 0 saturated carbocycles. The zero-order valence-corrected chi connectivity index (χ0v) is 17.8. The number of likely N-dealkylation sites (N-methyl/N-ethyl adjacent to an activating group) is 1. The highest BCUT2D eigenvalue weighted by atomic mass is 35.5. The molecular weight excluding hydrogens is 379 g/mol. The van der Waals surface area contributed by atoms with Gasteiger partial charge in [0.25, 0.3) is 0 Å². The van der Waals surface area contributed by atoms with Gasteiger partial charge in [0, 0.05) is 25.7 Å². The fraction of sp³-hybridized carbons (Fsp3) is 0.455. The summed E-state index contributed by atoms with van der Waals surface area (Å²) in [4.78, 5) is 5.17. The molecule has 4 rings (SSSR count). The molecule has 2 aliphatic rings. The first kappa shape index (κ1) is 22.0. The van der Waals surface area contributed by atoms with Gasteiger partial charge in [-0.05, 0) is 61.2 Å². The van der Waals surface area contributed by atoms with E-state index in [4.69, 9.17) is 4.74 Å². The summed E-state index contributed by atoms with van der Waals surface area (Å²) in [7, 11) is 4.02. The maximum absolute atomic E-state index is 5.41. The summed E-state index contributed by atoms with van der Waals surface area (Å²) < 4.78 is 5.41. The van der Waals surface area contributed by atoms with Crippen molar-refractivity contribution in [3.05, 3.63) is 65.2 Å². The highest BCUT2D eigenvalue weighted by Gasteiger charge is 2.30. The average Bonchev–Trinajstić information content (AvgIpc) is 3.13. The summed E-state index contributed by atoms with van der Waals surface area (Å²) in [6, 6.07) is 18.1. The molecule has 5 heteroatoms. The van der Waals surface area contributed by atoms with E-state index in [1.807, 2.05) is 0 Å². The third-order valence-electron chi connectivity index (χ3n) is 5.95. The van der Waals surface area contributed by atoms with Crippen molar-refractivity contribution in [1.29, 1.82) is 0 Å². The summed E-state index contributed by atoms with van der Waals surface area (Å²) in [5.41, 5.74) is 4.44. The van der Waals surface area contributed by atoms with Gasteiger partial charge in [-0.25, -0.2) is 0 Å². The monoisotopic (exact) mass is 408 g/mol. The average molecular weight is 409 g/mol. The number of halogens is 2. The van der Waals surface area contributed by atoms with Gasteiger partial charge in [0.05, 0.1) is 7.11 Å². The second-order valence-corrected chi connectivity index (χ2v) is 7.47. The van der Waals surface area contributed by atoms with Gasteiger partial charge in [0.2, 0.25) is 0 Å². The van der Waals surface area contributed by atoms with E-state index in [-0.39, 0.29) is 24.8 Å². The Balaban J connectivity index is 0.00000131. The summed E-state index contributed by atoms with van der Waals surface area (Å²) in [5.74, 6) is 1.66. The third kappa shape index (κ3) is 4.78. The van der Waals surface area contributed by atoms with Gasteiger partial charge in [0.1, 0.15) is 5.75 Å². The lowest BCUT2D eigenvalue weighted by Gasteiger charge is -2.37. The van der Waals surface area contributed by atoms with Gasteiger partial charge >= 0.3 is 0 Å². The number of likely N-dealkylation sites (tertiary alicyclic amines) is 1. The molecule has 1 saturated heterocycles. The van der Waals surface area contributed by atoms with E-state index in [9.17, 15) is 0 Å². The predicted octanol–water partition coefficient (Wildman–Crippen LogP) is 4.56. The van der Waals surface area contributed by atoms with Crippen LogP contribution in [0.1, 0.15) is 35.1 Å². The fourth-order valence-electron chi connectivity index (χ4n) is 4.42. The van der Waals surface area contributed by atoms with Crippen molar-refractivity contribution >= 4 is 24.8 Å². The van der Waals surface area contributed by atoms with Crippen LogP contribution in [-0.2, 0) is 6.42 Å². The zero-order chi connectivity index (χ0) is 17.2. The van der Waals surface area contributed by atoms with Crippen LogP contribution in [0.5, 0.6) is 5.75 Å². The first-order valence-corrected chi connectivity index (χ1v) is 9.39. The molecule has 2 aromatic rings. The molecule has 2 unspecified atom stereocenters. The van der Waals surface area contributed by atoms with Gasteiger partial charge in [-0.3, -0.25) is 4.90 Å². The molecule has 2 heterocycles. The molecule has 0 radical (unpaired) electrons. The van der Waals surface area contributed by atoms with Crippen LogP contribution in [0.15, 0.2) is 48.5 Å². The molecule has 0 amide bonds. The van der Waals surface area contributed by atoms with Crippen molar-refractivity contribution in [2.24, 2.45) is 0 Å². The standard InChI is InChI=1S/C22H28N2O.2ClH/c1-23-12-10-18-14-20(25-2)8-9-21(18)22(23)16-24-13-11-19(15-24)17-6-4-3-5-7-17;;/h3-9,14,19,22H,10-13,15-16H2,1-2H3;2*1H. The van der Waals surface area contributed by atoms with Gasteiger partial charge in [-0.15, -0.1) is 24.8 Å². The molecule has 2 aliphatic heterocycles. The number of fused-ring (bicyclic) bond motifs is 1. The summed E-state index contributed by atoms with van der Waals surface area (Å²) in [6.45, 7) is 4.63. The Morgan fingerprint density at radius 1 is 1.04 bits per heavy atom. The highest BCUT2D eigenvalue weighted by molar-refractivity contribution is 5.85. The van der Waals surface area contributed by atoms with Crippen LogP contribution in [0.3, 0.4) is 0 Å². The van der Waals surface area contributed by atoms with E-state index in [1.165, 1.54) is 36.2 Å². The van der Waals surface area contributed by atoms with Crippen LogP contribution in [0.4, 0.5) is 0 Å². The van der Waals surface area contributed by atoms with E-state index in [0.29, 0.717) is 12.0 Å². The molecule has 1 fully saturated rings. The Labute approximate surface area is 175 Å². The molecule has 3 nitrogen and oxygen atoms in total. The molecular formula is C22H30Cl2N2O. The van der Waals surface area contributed by atoms with Crippen LogP contribution in [0.25, 0.3) is 0 Å². The van der Waals surface area contributed by atoms with Crippen LogP contribution >= 0.6 is 24.8 Å². The maximum atomic E-state index is 5.41. The number of ether oxygens (including phenoxy) is 1. The Hall–Kier alpha value is -1.26. The molecule has 0 N–H and O–H groups in total. The lowest BCUT2D eigenvalue weighted by Crippen LogP contribution is -2.39. The first-order chi connectivity index (χ1) is 12.2. The Kier molecular flexibility index (Phi) is 7.99. The maximum Gasteiger partial charge on any atom is 0.119 e. The van der Waals surface area contributed by atoms with Gasteiger partial charge in [-0.2, -0.15) is 0 Å². The number of hydrogen-bond donors (Lipinski definition) is 0. The molecule has 2 atom stereocenters. The SMILES string of the molecule is COc1ccc2c(c1)CCN(C)C2CN1CCC(c2ccccc2)C1.Cl.Cl. The number of nitrogens with zero attached hydrogens (tertiary/aromatic N) is 2. The van der Waals surface area contributed by atoms with Crippen LogP contribution in [0, 0.1) is 0 Å². The van der Waals surface area contributed by atoms with Crippen LogP contribution in [-0.4, -0.2) is 50.1 Å². The molecule has 0 spiro atoms. The normalized spacial score (nSPS) is 22.4. The molecule has 27 heavy (non-hydrogen) atoms. The molecule has 148 valence electrons. The van der Waals surface area contributed by atoms with E-state index >= 15 is 0 Å². The van der Waals surface area contributed by atoms with Crippen molar-refractivity contribution in [3.8, 4) is 5.75 Å². The summed E-state index contributed by atoms with van der Waals surface area (Å²) in [6.07, 6.45) is 2.39. The van der Waals surface area contributed by atoms with Crippen molar-refractivity contribution in [1.82, 2.24) is 9.80 Å². The van der Waals surface area contributed by atoms with Crippen LogP contribution < -0.4 is 4.74 Å². The number of benzene rings is 2. The van der Waals surface area contributed by atoms with Gasteiger partial charge in [0.15, 0.2) is 0 Å². The Morgan fingerprint density at radius 2 is 1.81 bits per heavy atom. The number of hydrogen-bond acceptors (Lipinski definition) is 3. The predicted molar refractivity (Wildman–Crippen MR) is 117 cm³/mol. The number of methoxy groups -OCH3 is 1. The second kappa shape index (κ2) is 9.79. The van der Waals surface area contributed by atoms with Crippen LogP contribution in [0.2, 0.25) is 0 Å². The van der Waals surface area contributed by atoms with Crippen molar-refractivity contribution < 1.29 is 4.74 Å². The number of rotatable bonds is 4. The minimum atomic E-state index is 0. The van der Waals surface area contributed by atoms with E-state index in [0.717, 1.165) is 25.3 Å². The van der Waals surface area contributed by atoms with E-state index in [2.05, 4.69) is 65.4 Å². The lowest BCUT2D eigenvalue weighted by molar-refractivity contribution is 0.170. The quantitative estimate of drug-likeness (QED) is 0.737. The Bertz CT molecular complexity index is 726.